The van der Waals surface area contributed by atoms with E-state index in [1.165, 1.54) is 6.07 Å². The fourth-order valence-corrected chi connectivity index (χ4v) is 4.43. The van der Waals surface area contributed by atoms with Crippen molar-refractivity contribution in [3.8, 4) is 5.75 Å². The van der Waals surface area contributed by atoms with Crippen molar-refractivity contribution in [1.29, 1.82) is 0 Å². The van der Waals surface area contributed by atoms with Crippen molar-refractivity contribution in [2.24, 2.45) is 0 Å². The van der Waals surface area contributed by atoms with Crippen molar-refractivity contribution in [1.82, 2.24) is 20.4 Å². The average molecular weight is 428 g/mol. The lowest BCUT2D eigenvalue weighted by atomic mass is 9.97. The van der Waals surface area contributed by atoms with Gasteiger partial charge in [-0.1, -0.05) is 18.2 Å². The lowest BCUT2D eigenvalue weighted by Gasteiger charge is -2.20. The highest BCUT2D eigenvalue weighted by molar-refractivity contribution is 6.07. The van der Waals surface area contributed by atoms with Gasteiger partial charge in [-0.3, -0.25) is 9.89 Å². The summed E-state index contributed by atoms with van der Waals surface area (Å²) < 4.78 is 33.9. The largest absolute Gasteiger partial charge is 0.496 e. The molecule has 31 heavy (non-hydrogen) atoms. The summed E-state index contributed by atoms with van der Waals surface area (Å²) >= 11 is 0. The Morgan fingerprint density at radius 2 is 2.16 bits per heavy atom. The second kappa shape index (κ2) is 7.92. The number of halogens is 2. The Kier molecular flexibility index (Phi) is 5.43. The highest BCUT2D eigenvalue weighted by Gasteiger charge is 2.40. The molecule has 1 aliphatic rings. The average Bonchev–Trinajstić information content (AvgIpc) is 3.31. The van der Waals surface area contributed by atoms with Gasteiger partial charge in [-0.15, -0.1) is 0 Å². The number of H-pyrrole nitrogens is 1. The van der Waals surface area contributed by atoms with Gasteiger partial charge < -0.3 is 15.0 Å². The Morgan fingerprint density at radius 3 is 2.87 bits per heavy atom. The number of fused-ring (bicyclic) bond motifs is 2. The van der Waals surface area contributed by atoms with Gasteiger partial charge >= 0.3 is 0 Å². The van der Waals surface area contributed by atoms with E-state index in [1.807, 2.05) is 32.0 Å². The first-order valence-electron chi connectivity index (χ1n) is 10.2. The number of ether oxygens (including phenoxy) is 1. The van der Waals surface area contributed by atoms with E-state index in [4.69, 9.17) is 4.74 Å². The molecule has 1 aliphatic carbocycles. The van der Waals surface area contributed by atoms with Gasteiger partial charge in [0.25, 0.3) is 11.8 Å². The molecular weight excluding hydrogens is 402 g/mol. The number of methoxy groups -OCH3 is 1. The Morgan fingerprint density at radius 1 is 1.39 bits per heavy atom. The summed E-state index contributed by atoms with van der Waals surface area (Å²) in [5.74, 6) is -2.44. The molecule has 3 aromatic rings. The quantitative estimate of drug-likeness (QED) is 0.619. The van der Waals surface area contributed by atoms with E-state index in [9.17, 15) is 13.6 Å². The zero-order valence-electron chi connectivity index (χ0n) is 18.1. The van der Waals surface area contributed by atoms with Crippen molar-refractivity contribution in [2.75, 3.05) is 21.2 Å². The minimum Gasteiger partial charge on any atom is -0.496 e. The van der Waals surface area contributed by atoms with Crippen LogP contribution in [-0.4, -0.2) is 42.2 Å². The number of nitrogens with one attached hydrogen (secondary N) is 2. The minimum atomic E-state index is -2.81. The van der Waals surface area contributed by atoms with Gasteiger partial charge in [0.15, 0.2) is 0 Å². The number of hydrogen-bond donors (Lipinski definition) is 2. The molecule has 1 atom stereocenters. The SMILES string of the molecule is COc1c(CN(C)C)cc(C(=O)N[C@H](C)c2cccc3c2CCC3(F)F)c2[nH]ncc12. The van der Waals surface area contributed by atoms with Crippen molar-refractivity contribution in [2.45, 2.75) is 38.3 Å². The number of benzene rings is 2. The number of aromatic amines is 1. The van der Waals surface area contributed by atoms with Crippen LogP contribution in [-0.2, 0) is 18.9 Å². The molecule has 2 aromatic carbocycles. The molecule has 8 heteroatoms. The highest BCUT2D eigenvalue weighted by Crippen LogP contribution is 2.43. The van der Waals surface area contributed by atoms with Gasteiger partial charge in [0.2, 0.25) is 0 Å². The lowest BCUT2D eigenvalue weighted by Crippen LogP contribution is -2.28. The number of alkyl halides is 2. The van der Waals surface area contributed by atoms with E-state index in [1.54, 1.807) is 25.4 Å². The van der Waals surface area contributed by atoms with Gasteiger partial charge in [0.05, 0.1) is 35.8 Å². The third-order valence-electron chi connectivity index (χ3n) is 5.81. The summed E-state index contributed by atoms with van der Waals surface area (Å²) in [6, 6.07) is 6.29. The van der Waals surface area contributed by atoms with Crippen molar-refractivity contribution in [3.05, 3.63) is 58.3 Å². The molecule has 1 amide bonds. The van der Waals surface area contributed by atoms with Gasteiger partial charge in [-0.2, -0.15) is 5.10 Å². The Balaban J connectivity index is 1.68. The first kappa shape index (κ1) is 21.2. The van der Waals surface area contributed by atoms with E-state index in [0.717, 1.165) is 16.5 Å². The predicted molar refractivity (Wildman–Crippen MR) is 115 cm³/mol. The number of carbonyl (C=O) groups is 1. The Bertz CT molecular complexity index is 1140. The van der Waals surface area contributed by atoms with Crippen LogP contribution in [0.5, 0.6) is 5.75 Å². The van der Waals surface area contributed by atoms with Crippen LogP contribution >= 0.6 is 0 Å². The molecule has 0 spiro atoms. The van der Waals surface area contributed by atoms with Crippen LogP contribution in [0.2, 0.25) is 0 Å². The maximum Gasteiger partial charge on any atom is 0.273 e. The van der Waals surface area contributed by atoms with E-state index in [-0.39, 0.29) is 17.9 Å². The fraction of sp³-hybridized carbons (Fsp3) is 0.391. The van der Waals surface area contributed by atoms with Crippen molar-refractivity contribution < 1.29 is 18.3 Å². The van der Waals surface area contributed by atoms with Gasteiger partial charge in [0, 0.05) is 24.1 Å². The van der Waals surface area contributed by atoms with E-state index < -0.39 is 12.0 Å². The maximum atomic E-state index is 14.2. The van der Waals surface area contributed by atoms with Crippen LogP contribution in [0.3, 0.4) is 0 Å². The summed E-state index contributed by atoms with van der Waals surface area (Å²) in [6.07, 6.45) is 1.75. The van der Waals surface area contributed by atoms with Crippen LogP contribution in [0.15, 0.2) is 30.5 Å². The molecule has 0 radical (unpaired) electrons. The number of rotatable bonds is 6. The summed E-state index contributed by atoms with van der Waals surface area (Å²) in [4.78, 5) is 15.2. The maximum absolute atomic E-state index is 14.2. The number of hydrogen-bond acceptors (Lipinski definition) is 4. The summed E-state index contributed by atoms with van der Waals surface area (Å²) in [5, 5.41) is 10.7. The number of aromatic nitrogens is 2. The van der Waals surface area contributed by atoms with Gasteiger partial charge in [-0.25, -0.2) is 8.78 Å². The van der Waals surface area contributed by atoms with Crippen LogP contribution in [0, 0.1) is 0 Å². The summed E-state index contributed by atoms with van der Waals surface area (Å²) in [5.41, 5.74) is 3.31. The Labute approximate surface area is 179 Å². The third kappa shape index (κ3) is 3.76. The smallest absolute Gasteiger partial charge is 0.273 e. The zero-order chi connectivity index (χ0) is 22.3. The van der Waals surface area contributed by atoms with E-state index >= 15 is 0 Å². The molecule has 2 N–H and O–H groups in total. The molecule has 0 saturated heterocycles. The second-order valence-electron chi connectivity index (χ2n) is 8.29. The van der Waals surface area contributed by atoms with Gasteiger partial charge in [-0.05, 0) is 44.6 Å². The second-order valence-corrected chi connectivity index (χ2v) is 8.29. The van der Waals surface area contributed by atoms with Crippen LogP contribution in [0.4, 0.5) is 8.78 Å². The molecule has 6 nitrogen and oxygen atoms in total. The highest BCUT2D eigenvalue weighted by atomic mass is 19.3. The van der Waals surface area contributed by atoms with Crippen molar-refractivity contribution in [3.63, 3.8) is 0 Å². The van der Waals surface area contributed by atoms with E-state index in [0.29, 0.717) is 35.4 Å². The van der Waals surface area contributed by atoms with Crippen molar-refractivity contribution >= 4 is 16.8 Å². The molecule has 0 unspecified atom stereocenters. The monoisotopic (exact) mass is 428 g/mol. The molecule has 164 valence electrons. The molecule has 0 fully saturated rings. The van der Waals surface area contributed by atoms with Crippen LogP contribution in [0.25, 0.3) is 10.9 Å². The van der Waals surface area contributed by atoms with Crippen LogP contribution in [0.1, 0.15) is 52.0 Å². The molecule has 1 aromatic heterocycles. The first-order chi connectivity index (χ1) is 14.7. The van der Waals surface area contributed by atoms with Crippen LogP contribution < -0.4 is 10.1 Å². The Hall–Kier alpha value is -3.00. The fourth-order valence-electron chi connectivity index (χ4n) is 4.43. The lowest BCUT2D eigenvalue weighted by molar-refractivity contribution is -0.00185. The topological polar surface area (TPSA) is 70.2 Å². The molecule has 4 rings (SSSR count). The normalized spacial score (nSPS) is 15.8. The molecular formula is C23H26F2N4O2. The molecule has 0 aliphatic heterocycles. The number of amides is 1. The molecule has 1 heterocycles. The van der Waals surface area contributed by atoms with Gasteiger partial charge in [0.1, 0.15) is 5.75 Å². The van der Waals surface area contributed by atoms with E-state index in [2.05, 4.69) is 15.5 Å². The third-order valence-corrected chi connectivity index (χ3v) is 5.81. The predicted octanol–water partition coefficient (Wildman–Crippen LogP) is 4.16. The zero-order valence-corrected chi connectivity index (χ0v) is 18.1. The summed E-state index contributed by atoms with van der Waals surface area (Å²) in [7, 11) is 5.47. The number of nitrogens with zero attached hydrogens (tertiary/aromatic N) is 2. The standard InChI is InChI=1S/C23H26F2N4O2/c1-13(15-6-5-7-19-16(15)8-9-23(19,24)25)27-22(30)17-10-14(12-29(2)3)21(31-4)18-11-26-28-20(17)18/h5-7,10-11,13H,8-9,12H2,1-4H3,(H,26,28)(H,27,30)/t13-/m1/s1. The first-order valence-corrected chi connectivity index (χ1v) is 10.2. The summed E-state index contributed by atoms with van der Waals surface area (Å²) in [6.45, 7) is 2.40. The minimum absolute atomic E-state index is 0.0692. The number of carbonyl (C=O) groups excluding carboxylic acids is 1. The molecule has 0 bridgehead atoms. The molecule has 0 saturated carbocycles.